The van der Waals surface area contributed by atoms with Crippen LogP contribution in [0.3, 0.4) is 0 Å². The zero-order valence-electron chi connectivity index (χ0n) is 13.8. The van der Waals surface area contributed by atoms with Gasteiger partial charge in [0.25, 0.3) is 5.91 Å². The van der Waals surface area contributed by atoms with Gasteiger partial charge in [0, 0.05) is 12.6 Å². The molecular formula is C17H28N2O2. The topological polar surface area (TPSA) is 64.3 Å². The largest absolute Gasteiger partial charge is 0.481 e. The molecule has 1 rings (SSSR count). The van der Waals surface area contributed by atoms with Gasteiger partial charge in [-0.05, 0) is 50.3 Å². The zero-order chi connectivity index (χ0) is 16.0. The summed E-state index contributed by atoms with van der Waals surface area (Å²) in [6, 6.07) is 5.82. The summed E-state index contributed by atoms with van der Waals surface area (Å²) in [7, 11) is 0. The van der Waals surface area contributed by atoms with Crippen molar-refractivity contribution < 1.29 is 9.53 Å². The van der Waals surface area contributed by atoms with E-state index in [1.807, 2.05) is 32.0 Å². The van der Waals surface area contributed by atoms with Gasteiger partial charge in [0.05, 0.1) is 0 Å². The molecule has 1 unspecified atom stereocenters. The molecule has 21 heavy (non-hydrogen) atoms. The number of ether oxygens (including phenoxy) is 1. The molecule has 0 aliphatic heterocycles. The summed E-state index contributed by atoms with van der Waals surface area (Å²) in [6.45, 7) is 10.6. The number of amides is 1. The van der Waals surface area contributed by atoms with Gasteiger partial charge in [-0.25, -0.2) is 0 Å². The molecule has 118 valence electrons. The Morgan fingerprint density at radius 2 is 1.95 bits per heavy atom. The fourth-order valence-corrected chi connectivity index (χ4v) is 1.96. The lowest BCUT2D eigenvalue weighted by atomic mass is 10.1. The van der Waals surface area contributed by atoms with Crippen molar-refractivity contribution >= 4 is 5.91 Å². The summed E-state index contributed by atoms with van der Waals surface area (Å²) in [5.41, 5.74) is 7.91. The highest BCUT2D eigenvalue weighted by atomic mass is 16.5. The van der Waals surface area contributed by atoms with Crippen LogP contribution in [0.25, 0.3) is 0 Å². The minimum absolute atomic E-state index is 0.00509. The smallest absolute Gasteiger partial charge is 0.260 e. The average molecular weight is 292 g/mol. The predicted octanol–water partition coefficient (Wildman–Crippen LogP) is 2.94. The lowest BCUT2D eigenvalue weighted by molar-refractivity contribution is -0.127. The molecule has 0 aliphatic carbocycles. The van der Waals surface area contributed by atoms with Crippen LogP contribution in [0.2, 0.25) is 0 Å². The maximum Gasteiger partial charge on any atom is 0.260 e. The second-order valence-electron chi connectivity index (χ2n) is 6.05. The number of nitrogens with two attached hydrogens (primary N) is 1. The van der Waals surface area contributed by atoms with Gasteiger partial charge in [-0.1, -0.05) is 26.0 Å². The summed E-state index contributed by atoms with van der Waals surface area (Å²) in [5.74, 6) is 1.23. The molecule has 1 aromatic carbocycles. The Bertz CT molecular complexity index is 470. The van der Waals surface area contributed by atoms with Crippen molar-refractivity contribution in [2.45, 2.75) is 53.2 Å². The zero-order valence-corrected chi connectivity index (χ0v) is 13.8. The third kappa shape index (κ3) is 5.76. The third-order valence-electron chi connectivity index (χ3n) is 3.42. The van der Waals surface area contributed by atoms with Crippen LogP contribution in [0.4, 0.5) is 0 Å². The Morgan fingerprint density at radius 1 is 1.29 bits per heavy atom. The van der Waals surface area contributed by atoms with E-state index in [1.165, 1.54) is 0 Å². The first kappa shape index (κ1) is 17.5. The van der Waals surface area contributed by atoms with Crippen molar-refractivity contribution in [1.82, 2.24) is 5.32 Å². The van der Waals surface area contributed by atoms with Crippen LogP contribution < -0.4 is 15.8 Å². The minimum Gasteiger partial charge on any atom is -0.481 e. The van der Waals surface area contributed by atoms with Gasteiger partial charge in [-0.2, -0.15) is 0 Å². The lowest BCUT2D eigenvalue weighted by Crippen LogP contribution is -2.37. The maximum absolute atomic E-state index is 12.0. The number of benzene rings is 1. The number of carbonyl (C=O) groups is 1. The number of hydrogen-bond donors (Lipinski definition) is 2. The molecule has 0 bridgehead atoms. The van der Waals surface area contributed by atoms with E-state index in [2.05, 4.69) is 19.2 Å². The first-order valence-electron chi connectivity index (χ1n) is 7.61. The van der Waals surface area contributed by atoms with Crippen LogP contribution in [-0.4, -0.2) is 18.6 Å². The average Bonchev–Trinajstić information content (AvgIpc) is 2.40. The molecule has 1 aromatic rings. The Kier molecular flexibility index (Phi) is 6.69. The molecule has 4 heteroatoms. The van der Waals surface area contributed by atoms with Crippen LogP contribution in [0, 0.1) is 12.8 Å². The number of rotatable bonds is 7. The van der Waals surface area contributed by atoms with Gasteiger partial charge in [-0.15, -0.1) is 0 Å². The second kappa shape index (κ2) is 8.03. The van der Waals surface area contributed by atoms with Crippen LogP contribution in [0.1, 0.15) is 51.3 Å². The molecule has 3 N–H and O–H groups in total. The Labute approximate surface area is 128 Å². The second-order valence-corrected chi connectivity index (χ2v) is 6.05. The third-order valence-corrected chi connectivity index (χ3v) is 3.42. The minimum atomic E-state index is -0.503. The Balaban J connectivity index is 2.58. The van der Waals surface area contributed by atoms with Crippen LogP contribution in [-0.2, 0) is 4.79 Å². The molecule has 0 aromatic heterocycles. The van der Waals surface area contributed by atoms with Crippen molar-refractivity contribution in [3.63, 3.8) is 0 Å². The van der Waals surface area contributed by atoms with Crippen molar-refractivity contribution in [3.8, 4) is 5.75 Å². The Hall–Kier alpha value is -1.55. The highest BCUT2D eigenvalue weighted by molar-refractivity contribution is 5.80. The molecule has 1 amide bonds. The molecule has 0 aliphatic rings. The molecule has 2 atom stereocenters. The van der Waals surface area contributed by atoms with E-state index < -0.39 is 6.10 Å². The van der Waals surface area contributed by atoms with Gasteiger partial charge >= 0.3 is 0 Å². The van der Waals surface area contributed by atoms with Crippen molar-refractivity contribution in [2.24, 2.45) is 11.7 Å². The van der Waals surface area contributed by atoms with Crippen molar-refractivity contribution in [2.75, 3.05) is 6.54 Å². The van der Waals surface area contributed by atoms with Gasteiger partial charge in [-0.3, -0.25) is 4.79 Å². The first-order chi connectivity index (χ1) is 9.81. The Morgan fingerprint density at radius 3 is 2.48 bits per heavy atom. The maximum atomic E-state index is 12.0. The van der Waals surface area contributed by atoms with E-state index in [9.17, 15) is 4.79 Å². The van der Waals surface area contributed by atoms with Crippen LogP contribution >= 0.6 is 0 Å². The van der Waals surface area contributed by atoms with E-state index >= 15 is 0 Å². The molecule has 4 nitrogen and oxygen atoms in total. The number of hydrogen-bond acceptors (Lipinski definition) is 3. The standard InChI is InChI=1S/C17H28N2O2/c1-11(2)8-9-19-17(20)14(5)21-16-7-6-15(13(4)18)10-12(16)3/h6-7,10-11,13-14H,8-9,18H2,1-5H3,(H,19,20)/t13-,14?/m1/s1. The van der Waals surface area contributed by atoms with E-state index in [0.29, 0.717) is 12.5 Å². The van der Waals surface area contributed by atoms with E-state index in [-0.39, 0.29) is 11.9 Å². The lowest BCUT2D eigenvalue weighted by Gasteiger charge is -2.17. The van der Waals surface area contributed by atoms with E-state index in [0.717, 1.165) is 23.3 Å². The number of carbonyl (C=O) groups excluding carboxylic acids is 1. The normalized spacial score (nSPS) is 13.9. The van der Waals surface area contributed by atoms with E-state index in [1.54, 1.807) is 6.92 Å². The van der Waals surface area contributed by atoms with Crippen LogP contribution in [0.15, 0.2) is 18.2 Å². The molecule has 0 spiro atoms. The van der Waals surface area contributed by atoms with Crippen LogP contribution in [0.5, 0.6) is 5.75 Å². The molecule has 0 heterocycles. The molecule has 0 radical (unpaired) electrons. The van der Waals surface area contributed by atoms with Gasteiger partial charge in [0.2, 0.25) is 0 Å². The summed E-state index contributed by atoms with van der Waals surface area (Å²) < 4.78 is 5.75. The van der Waals surface area contributed by atoms with Crippen molar-refractivity contribution in [3.05, 3.63) is 29.3 Å². The predicted molar refractivity (Wildman–Crippen MR) is 86.3 cm³/mol. The summed E-state index contributed by atoms with van der Waals surface area (Å²) in [4.78, 5) is 12.0. The SMILES string of the molecule is Cc1cc([C@@H](C)N)ccc1OC(C)C(=O)NCCC(C)C. The first-order valence-corrected chi connectivity index (χ1v) is 7.61. The fourth-order valence-electron chi connectivity index (χ4n) is 1.96. The van der Waals surface area contributed by atoms with Gasteiger partial charge in [0.15, 0.2) is 6.10 Å². The molecule has 0 saturated carbocycles. The number of nitrogens with one attached hydrogen (secondary N) is 1. The highest BCUT2D eigenvalue weighted by Crippen LogP contribution is 2.22. The number of aryl methyl sites for hydroxylation is 1. The quantitative estimate of drug-likeness (QED) is 0.812. The summed E-state index contributed by atoms with van der Waals surface area (Å²) in [5, 5.41) is 2.90. The monoisotopic (exact) mass is 292 g/mol. The fraction of sp³-hybridized carbons (Fsp3) is 0.588. The van der Waals surface area contributed by atoms with Gasteiger partial charge in [0.1, 0.15) is 5.75 Å². The van der Waals surface area contributed by atoms with E-state index in [4.69, 9.17) is 10.5 Å². The molecular weight excluding hydrogens is 264 g/mol. The molecule has 0 saturated heterocycles. The summed E-state index contributed by atoms with van der Waals surface area (Å²) >= 11 is 0. The van der Waals surface area contributed by atoms with Crippen molar-refractivity contribution in [1.29, 1.82) is 0 Å². The van der Waals surface area contributed by atoms with Gasteiger partial charge < -0.3 is 15.8 Å². The molecule has 0 fully saturated rings. The highest BCUT2D eigenvalue weighted by Gasteiger charge is 2.15. The summed E-state index contributed by atoms with van der Waals surface area (Å²) in [6.07, 6.45) is 0.470.